The molecule has 1 aromatic carbocycles. The first kappa shape index (κ1) is 22.8. The molecule has 0 amide bonds. The van der Waals surface area contributed by atoms with E-state index in [0.717, 1.165) is 48.4 Å². The Balaban J connectivity index is 1.41. The molecule has 1 aliphatic carbocycles. The van der Waals surface area contributed by atoms with Crippen LogP contribution in [0.5, 0.6) is 5.75 Å². The van der Waals surface area contributed by atoms with Crippen LogP contribution in [0, 0.1) is 11.8 Å². The lowest BCUT2D eigenvalue weighted by Gasteiger charge is -2.28. The van der Waals surface area contributed by atoms with Crippen LogP contribution in [0.2, 0.25) is 0 Å². The molecule has 1 saturated carbocycles. The molecule has 3 heteroatoms. The van der Waals surface area contributed by atoms with Gasteiger partial charge in [0, 0.05) is 5.56 Å². The van der Waals surface area contributed by atoms with Crippen molar-refractivity contribution in [3.8, 4) is 17.1 Å². The Morgan fingerprint density at radius 3 is 2.07 bits per heavy atom. The van der Waals surface area contributed by atoms with Crippen LogP contribution in [0.1, 0.15) is 90.0 Å². The van der Waals surface area contributed by atoms with Crippen LogP contribution in [0.4, 0.5) is 0 Å². The molecule has 0 radical (unpaired) electrons. The minimum absolute atomic E-state index is 0.731. The lowest BCUT2D eigenvalue weighted by Crippen LogP contribution is -2.15. The summed E-state index contributed by atoms with van der Waals surface area (Å²) in [5, 5.41) is 0. The molecule has 0 bridgehead atoms. The molecule has 0 unspecified atom stereocenters. The summed E-state index contributed by atoms with van der Waals surface area (Å²) < 4.78 is 5.65. The SMILES string of the molecule is CCCCC[C@H]1CC[C@H](CCc2ccc(-c3ncc(OCCCC)cn3)cc2)CC1. The van der Waals surface area contributed by atoms with Crippen molar-refractivity contribution >= 4 is 0 Å². The third-order valence-corrected chi connectivity index (χ3v) is 6.63. The first-order chi connectivity index (χ1) is 14.8. The van der Waals surface area contributed by atoms with Crippen LogP contribution in [0.25, 0.3) is 11.4 Å². The van der Waals surface area contributed by atoms with Gasteiger partial charge < -0.3 is 4.74 Å². The summed E-state index contributed by atoms with van der Waals surface area (Å²) >= 11 is 0. The Kier molecular flexibility index (Phi) is 9.66. The lowest BCUT2D eigenvalue weighted by molar-refractivity contribution is 0.249. The number of aryl methyl sites for hydroxylation is 1. The Morgan fingerprint density at radius 2 is 1.43 bits per heavy atom. The molecule has 1 fully saturated rings. The minimum atomic E-state index is 0.731. The van der Waals surface area contributed by atoms with Crippen LogP contribution < -0.4 is 4.74 Å². The van der Waals surface area contributed by atoms with Gasteiger partial charge in [-0.1, -0.05) is 95.9 Å². The average molecular weight is 409 g/mol. The highest BCUT2D eigenvalue weighted by Gasteiger charge is 2.20. The topological polar surface area (TPSA) is 35.0 Å². The molecule has 1 heterocycles. The molecule has 164 valence electrons. The van der Waals surface area contributed by atoms with Gasteiger partial charge in [-0.2, -0.15) is 0 Å². The number of hydrogen-bond donors (Lipinski definition) is 0. The van der Waals surface area contributed by atoms with Crippen molar-refractivity contribution in [1.29, 1.82) is 0 Å². The third-order valence-electron chi connectivity index (χ3n) is 6.63. The van der Waals surface area contributed by atoms with Crippen LogP contribution in [0.3, 0.4) is 0 Å². The van der Waals surface area contributed by atoms with Gasteiger partial charge in [-0.05, 0) is 36.7 Å². The molecule has 0 saturated heterocycles. The van der Waals surface area contributed by atoms with Crippen molar-refractivity contribution in [2.75, 3.05) is 6.61 Å². The Bertz CT molecular complexity index is 703. The van der Waals surface area contributed by atoms with E-state index in [4.69, 9.17) is 4.74 Å². The van der Waals surface area contributed by atoms with Crippen molar-refractivity contribution in [3.05, 3.63) is 42.2 Å². The zero-order chi connectivity index (χ0) is 21.0. The summed E-state index contributed by atoms with van der Waals surface area (Å²) in [4.78, 5) is 8.95. The summed E-state index contributed by atoms with van der Waals surface area (Å²) in [5.41, 5.74) is 2.51. The molecule has 2 aromatic rings. The highest BCUT2D eigenvalue weighted by molar-refractivity contribution is 5.55. The smallest absolute Gasteiger partial charge is 0.159 e. The third kappa shape index (κ3) is 7.41. The molecule has 3 nitrogen and oxygen atoms in total. The molecule has 1 aromatic heterocycles. The first-order valence-electron chi connectivity index (χ1n) is 12.3. The summed E-state index contributed by atoms with van der Waals surface area (Å²) in [6.07, 6.45) is 19.8. The van der Waals surface area contributed by atoms with E-state index in [9.17, 15) is 0 Å². The molecular formula is C27H40N2O. The fourth-order valence-corrected chi connectivity index (χ4v) is 4.56. The van der Waals surface area contributed by atoms with Gasteiger partial charge >= 0.3 is 0 Å². The highest BCUT2D eigenvalue weighted by Crippen LogP contribution is 2.34. The van der Waals surface area contributed by atoms with Gasteiger partial charge in [0.1, 0.15) is 0 Å². The van der Waals surface area contributed by atoms with Crippen molar-refractivity contribution in [3.63, 3.8) is 0 Å². The number of benzene rings is 1. The van der Waals surface area contributed by atoms with Gasteiger partial charge in [0.15, 0.2) is 11.6 Å². The Hall–Kier alpha value is -1.90. The molecule has 3 rings (SSSR count). The number of hydrogen-bond acceptors (Lipinski definition) is 3. The highest BCUT2D eigenvalue weighted by atomic mass is 16.5. The molecule has 0 aliphatic heterocycles. The minimum Gasteiger partial charge on any atom is -0.490 e. The van der Waals surface area contributed by atoms with E-state index >= 15 is 0 Å². The number of aromatic nitrogens is 2. The van der Waals surface area contributed by atoms with E-state index in [2.05, 4.69) is 48.1 Å². The van der Waals surface area contributed by atoms with E-state index in [1.165, 1.54) is 69.8 Å². The predicted octanol–water partition coefficient (Wildman–Crippen LogP) is 7.64. The fraction of sp³-hybridized carbons (Fsp3) is 0.630. The molecule has 0 N–H and O–H groups in total. The van der Waals surface area contributed by atoms with Crippen LogP contribution in [-0.4, -0.2) is 16.6 Å². The summed E-state index contributed by atoms with van der Waals surface area (Å²) in [5.74, 6) is 3.46. The quantitative estimate of drug-likeness (QED) is 0.338. The number of rotatable bonds is 12. The maximum absolute atomic E-state index is 5.65. The average Bonchev–Trinajstić information content (AvgIpc) is 2.80. The van der Waals surface area contributed by atoms with E-state index in [1.54, 1.807) is 12.4 Å². The summed E-state index contributed by atoms with van der Waals surface area (Å²) in [6, 6.07) is 8.82. The van der Waals surface area contributed by atoms with E-state index in [0.29, 0.717) is 0 Å². The lowest BCUT2D eigenvalue weighted by atomic mass is 9.78. The van der Waals surface area contributed by atoms with Crippen LogP contribution in [0.15, 0.2) is 36.7 Å². The summed E-state index contributed by atoms with van der Waals surface area (Å²) in [6.45, 7) is 5.19. The zero-order valence-corrected chi connectivity index (χ0v) is 19.1. The van der Waals surface area contributed by atoms with E-state index in [1.807, 2.05) is 0 Å². The molecular weight excluding hydrogens is 368 g/mol. The Labute approximate surface area is 183 Å². The molecule has 0 spiro atoms. The standard InChI is InChI=1S/C27H40N2O/c1-3-5-7-8-22-9-11-23(12-10-22)13-14-24-15-17-25(18-16-24)27-28-20-26(21-29-27)30-19-6-4-2/h15-18,20-23H,3-14,19H2,1-2H3/t22-,23-. The second-order valence-corrected chi connectivity index (χ2v) is 9.06. The normalized spacial score (nSPS) is 19.0. The number of ether oxygens (including phenoxy) is 1. The van der Waals surface area contributed by atoms with Gasteiger partial charge in [-0.25, -0.2) is 9.97 Å². The van der Waals surface area contributed by atoms with Crippen LogP contribution in [-0.2, 0) is 6.42 Å². The molecule has 1 aliphatic rings. The number of unbranched alkanes of at least 4 members (excludes halogenated alkanes) is 3. The van der Waals surface area contributed by atoms with Gasteiger partial charge in [-0.15, -0.1) is 0 Å². The monoisotopic (exact) mass is 408 g/mol. The first-order valence-corrected chi connectivity index (χ1v) is 12.3. The number of nitrogens with zero attached hydrogens (tertiary/aromatic N) is 2. The maximum atomic E-state index is 5.65. The van der Waals surface area contributed by atoms with Crippen molar-refractivity contribution in [2.45, 2.75) is 90.9 Å². The molecule has 30 heavy (non-hydrogen) atoms. The second kappa shape index (κ2) is 12.7. The van der Waals surface area contributed by atoms with Gasteiger partial charge in [-0.3, -0.25) is 0 Å². The second-order valence-electron chi connectivity index (χ2n) is 9.06. The van der Waals surface area contributed by atoms with Gasteiger partial charge in [0.25, 0.3) is 0 Å². The van der Waals surface area contributed by atoms with Gasteiger partial charge in [0.2, 0.25) is 0 Å². The van der Waals surface area contributed by atoms with E-state index < -0.39 is 0 Å². The van der Waals surface area contributed by atoms with Gasteiger partial charge in [0.05, 0.1) is 19.0 Å². The maximum Gasteiger partial charge on any atom is 0.159 e. The summed E-state index contributed by atoms with van der Waals surface area (Å²) in [7, 11) is 0. The van der Waals surface area contributed by atoms with E-state index in [-0.39, 0.29) is 0 Å². The fourth-order valence-electron chi connectivity index (χ4n) is 4.56. The van der Waals surface area contributed by atoms with Crippen molar-refractivity contribution in [1.82, 2.24) is 9.97 Å². The van der Waals surface area contributed by atoms with Crippen LogP contribution >= 0.6 is 0 Å². The van der Waals surface area contributed by atoms with Crippen molar-refractivity contribution < 1.29 is 4.74 Å². The van der Waals surface area contributed by atoms with Crippen molar-refractivity contribution in [2.24, 2.45) is 11.8 Å². The largest absolute Gasteiger partial charge is 0.490 e. The zero-order valence-electron chi connectivity index (χ0n) is 19.1. The Morgan fingerprint density at radius 1 is 0.800 bits per heavy atom. The predicted molar refractivity (Wildman–Crippen MR) is 126 cm³/mol. The molecule has 0 atom stereocenters.